The van der Waals surface area contributed by atoms with Crippen molar-refractivity contribution in [2.75, 3.05) is 0 Å². The lowest BCUT2D eigenvalue weighted by molar-refractivity contribution is 0.432. The van der Waals surface area contributed by atoms with Gasteiger partial charge in [0.2, 0.25) is 5.88 Å². The van der Waals surface area contributed by atoms with Crippen LogP contribution < -0.4 is 0 Å². The van der Waals surface area contributed by atoms with Crippen molar-refractivity contribution in [1.82, 2.24) is 19.7 Å². The lowest BCUT2D eigenvalue weighted by Gasteiger charge is -2.01. The topological polar surface area (TPSA) is 63.8 Å². The van der Waals surface area contributed by atoms with Crippen molar-refractivity contribution in [3.8, 4) is 23.0 Å². The van der Waals surface area contributed by atoms with Crippen molar-refractivity contribution in [3.05, 3.63) is 53.9 Å². The summed E-state index contributed by atoms with van der Waals surface area (Å²) in [6, 6.07) is 12.7. The van der Waals surface area contributed by atoms with E-state index < -0.39 is 0 Å². The van der Waals surface area contributed by atoms with Crippen molar-refractivity contribution in [2.24, 2.45) is 0 Å². The minimum Gasteiger partial charge on any atom is -0.493 e. The van der Waals surface area contributed by atoms with Gasteiger partial charge in [0.05, 0.1) is 5.69 Å². The summed E-state index contributed by atoms with van der Waals surface area (Å²) >= 11 is 5.80. The standard InChI is InChI=1S/C13H9ClN4O/c14-11-7-12(16-8-15-11)18-13(19)6-10(17-18)9-4-2-1-3-5-9/h1-8,19H. The van der Waals surface area contributed by atoms with Gasteiger partial charge in [-0.3, -0.25) is 0 Å². The average Bonchev–Trinajstić information content (AvgIpc) is 2.82. The molecule has 3 aromatic rings. The van der Waals surface area contributed by atoms with Gasteiger partial charge in [0.15, 0.2) is 5.82 Å². The van der Waals surface area contributed by atoms with Crippen LogP contribution in [0.25, 0.3) is 17.1 Å². The molecule has 2 aromatic heterocycles. The molecule has 94 valence electrons. The Kier molecular flexibility index (Phi) is 2.89. The second kappa shape index (κ2) is 4.70. The Balaban J connectivity index is 2.08. The molecule has 3 rings (SSSR count). The Hall–Kier alpha value is -2.40. The van der Waals surface area contributed by atoms with E-state index in [0.29, 0.717) is 16.7 Å². The van der Waals surface area contributed by atoms with Gasteiger partial charge in [-0.1, -0.05) is 41.9 Å². The monoisotopic (exact) mass is 272 g/mol. The molecule has 0 aliphatic carbocycles. The average molecular weight is 273 g/mol. The molecule has 1 aromatic carbocycles. The summed E-state index contributed by atoms with van der Waals surface area (Å²) in [6.45, 7) is 0. The predicted octanol–water partition coefficient (Wildman–Crippen LogP) is 2.69. The van der Waals surface area contributed by atoms with Crippen LogP contribution in [-0.4, -0.2) is 24.9 Å². The van der Waals surface area contributed by atoms with Crippen LogP contribution in [0.4, 0.5) is 0 Å². The number of aromatic nitrogens is 4. The Morgan fingerprint density at radius 2 is 1.84 bits per heavy atom. The molecule has 0 unspecified atom stereocenters. The van der Waals surface area contributed by atoms with E-state index in [9.17, 15) is 5.11 Å². The summed E-state index contributed by atoms with van der Waals surface area (Å²) in [4.78, 5) is 7.81. The van der Waals surface area contributed by atoms with Crippen LogP contribution >= 0.6 is 11.6 Å². The van der Waals surface area contributed by atoms with Gasteiger partial charge in [-0.05, 0) is 0 Å². The molecular weight excluding hydrogens is 264 g/mol. The first kappa shape index (κ1) is 11.7. The van der Waals surface area contributed by atoms with E-state index in [1.807, 2.05) is 30.3 Å². The summed E-state index contributed by atoms with van der Waals surface area (Å²) in [5.74, 6) is 0.410. The second-order valence-electron chi connectivity index (χ2n) is 3.86. The zero-order valence-electron chi connectivity index (χ0n) is 9.73. The lowest BCUT2D eigenvalue weighted by Crippen LogP contribution is -1.99. The van der Waals surface area contributed by atoms with Gasteiger partial charge in [0.25, 0.3) is 0 Å². The number of hydrogen-bond donors (Lipinski definition) is 1. The summed E-state index contributed by atoms with van der Waals surface area (Å²) in [6.07, 6.45) is 1.32. The zero-order valence-corrected chi connectivity index (χ0v) is 10.5. The van der Waals surface area contributed by atoms with E-state index in [-0.39, 0.29) is 5.88 Å². The van der Waals surface area contributed by atoms with Gasteiger partial charge in [-0.2, -0.15) is 9.78 Å². The Labute approximate surface area is 114 Å². The maximum atomic E-state index is 9.93. The molecule has 0 fully saturated rings. The fraction of sp³-hybridized carbons (Fsp3) is 0. The van der Waals surface area contributed by atoms with Gasteiger partial charge >= 0.3 is 0 Å². The second-order valence-corrected chi connectivity index (χ2v) is 4.25. The molecule has 0 saturated carbocycles. The van der Waals surface area contributed by atoms with Crippen LogP contribution in [-0.2, 0) is 0 Å². The number of benzene rings is 1. The maximum Gasteiger partial charge on any atom is 0.216 e. The van der Waals surface area contributed by atoms with Gasteiger partial charge in [-0.15, -0.1) is 0 Å². The third-order valence-electron chi connectivity index (χ3n) is 2.60. The Morgan fingerprint density at radius 1 is 1.05 bits per heavy atom. The number of nitrogens with zero attached hydrogens (tertiary/aromatic N) is 4. The SMILES string of the molecule is Oc1cc(-c2ccccc2)nn1-c1cc(Cl)ncn1. The summed E-state index contributed by atoms with van der Waals surface area (Å²) in [5.41, 5.74) is 1.57. The highest BCUT2D eigenvalue weighted by molar-refractivity contribution is 6.29. The third kappa shape index (κ3) is 2.28. The smallest absolute Gasteiger partial charge is 0.216 e. The van der Waals surface area contributed by atoms with Crippen molar-refractivity contribution in [2.45, 2.75) is 0 Å². The van der Waals surface area contributed by atoms with E-state index >= 15 is 0 Å². The Bertz CT molecular complexity index is 712. The van der Waals surface area contributed by atoms with Gasteiger partial charge in [0.1, 0.15) is 11.5 Å². The lowest BCUT2D eigenvalue weighted by atomic mass is 10.2. The third-order valence-corrected chi connectivity index (χ3v) is 2.80. The van der Waals surface area contributed by atoms with E-state index in [2.05, 4.69) is 15.1 Å². The highest BCUT2D eigenvalue weighted by Crippen LogP contribution is 2.24. The molecule has 0 saturated heterocycles. The van der Waals surface area contributed by atoms with Crippen LogP contribution in [0.5, 0.6) is 5.88 Å². The minimum absolute atomic E-state index is 0.00591. The predicted molar refractivity (Wildman–Crippen MR) is 71.3 cm³/mol. The first-order chi connectivity index (χ1) is 9.24. The zero-order chi connectivity index (χ0) is 13.2. The molecule has 6 heteroatoms. The first-order valence-electron chi connectivity index (χ1n) is 5.56. The molecule has 1 N–H and O–H groups in total. The fourth-order valence-corrected chi connectivity index (χ4v) is 1.87. The first-order valence-corrected chi connectivity index (χ1v) is 5.94. The molecule has 0 aliphatic heterocycles. The van der Waals surface area contributed by atoms with Gasteiger partial charge in [-0.25, -0.2) is 9.97 Å². The van der Waals surface area contributed by atoms with Crippen molar-refractivity contribution >= 4 is 11.6 Å². The van der Waals surface area contributed by atoms with Gasteiger partial charge < -0.3 is 5.11 Å². The van der Waals surface area contributed by atoms with Crippen LogP contribution in [0.3, 0.4) is 0 Å². The van der Waals surface area contributed by atoms with Crippen molar-refractivity contribution in [3.63, 3.8) is 0 Å². The molecule has 0 radical (unpaired) electrons. The Morgan fingerprint density at radius 3 is 2.58 bits per heavy atom. The van der Waals surface area contributed by atoms with Crippen molar-refractivity contribution < 1.29 is 5.11 Å². The largest absolute Gasteiger partial charge is 0.493 e. The molecule has 2 heterocycles. The van der Waals surface area contributed by atoms with Crippen molar-refractivity contribution in [1.29, 1.82) is 0 Å². The molecular formula is C13H9ClN4O. The molecule has 0 atom stereocenters. The van der Waals surface area contributed by atoms with E-state index in [0.717, 1.165) is 5.56 Å². The van der Waals surface area contributed by atoms with Crippen LogP contribution in [0.15, 0.2) is 48.8 Å². The fourth-order valence-electron chi connectivity index (χ4n) is 1.73. The molecule has 5 nitrogen and oxygen atoms in total. The highest BCUT2D eigenvalue weighted by Gasteiger charge is 2.11. The number of rotatable bonds is 2. The molecule has 19 heavy (non-hydrogen) atoms. The van der Waals surface area contributed by atoms with E-state index in [4.69, 9.17) is 11.6 Å². The van der Waals surface area contributed by atoms with E-state index in [1.165, 1.54) is 17.1 Å². The van der Waals surface area contributed by atoms with Crippen LogP contribution in [0.2, 0.25) is 5.15 Å². The summed E-state index contributed by atoms with van der Waals surface area (Å²) < 4.78 is 1.32. The number of halogens is 1. The van der Waals surface area contributed by atoms with E-state index in [1.54, 1.807) is 6.07 Å². The van der Waals surface area contributed by atoms with Crippen LogP contribution in [0, 0.1) is 0 Å². The quantitative estimate of drug-likeness (QED) is 0.729. The summed E-state index contributed by atoms with van der Waals surface area (Å²) in [7, 11) is 0. The molecule has 0 aliphatic rings. The highest BCUT2D eigenvalue weighted by atomic mass is 35.5. The number of hydrogen-bond acceptors (Lipinski definition) is 4. The summed E-state index contributed by atoms with van der Waals surface area (Å²) in [5, 5.41) is 14.5. The molecule has 0 amide bonds. The number of aromatic hydroxyl groups is 1. The minimum atomic E-state index is -0.00591. The normalized spacial score (nSPS) is 10.6. The maximum absolute atomic E-state index is 9.93. The van der Waals surface area contributed by atoms with Gasteiger partial charge in [0, 0.05) is 17.7 Å². The molecule has 0 bridgehead atoms. The molecule has 0 spiro atoms. The van der Waals surface area contributed by atoms with Crippen LogP contribution in [0.1, 0.15) is 0 Å².